The molecular formula is C14H30N2O2. The van der Waals surface area contributed by atoms with E-state index in [-0.39, 0.29) is 5.97 Å². The summed E-state index contributed by atoms with van der Waals surface area (Å²) in [6.07, 6.45) is 1.75. The monoisotopic (exact) mass is 258 g/mol. The molecule has 0 amide bonds. The van der Waals surface area contributed by atoms with Gasteiger partial charge in [0.05, 0.1) is 7.11 Å². The molecule has 18 heavy (non-hydrogen) atoms. The van der Waals surface area contributed by atoms with E-state index in [1.807, 2.05) is 6.92 Å². The van der Waals surface area contributed by atoms with E-state index in [9.17, 15) is 4.79 Å². The van der Waals surface area contributed by atoms with Crippen LogP contribution in [-0.2, 0) is 9.53 Å². The molecule has 0 saturated carbocycles. The maximum atomic E-state index is 11.7. The molecule has 1 atom stereocenters. The van der Waals surface area contributed by atoms with E-state index in [1.54, 1.807) is 7.05 Å². The summed E-state index contributed by atoms with van der Waals surface area (Å²) < 4.78 is 4.83. The molecule has 1 N–H and O–H groups in total. The zero-order valence-electron chi connectivity index (χ0n) is 13.1. The fourth-order valence-electron chi connectivity index (χ4n) is 2.15. The molecule has 0 aromatic carbocycles. The molecule has 0 heterocycles. The van der Waals surface area contributed by atoms with E-state index in [4.69, 9.17) is 4.74 Å². The minimum absolute atomic E-state index is 0.191. The highest BCUT2D eigenvalue weighted by Crippen LogP contribution is 2.17. The first-order valence-corrected chi connectivity index (χ1v) is 6.60. The standard InChI is InChI=1S/C14H30N2O2/c1-13(2,3)11-16(6)10-8-9-14(4,15-5)12(17)18-7/h15H,8-11H2,1-7H3. The number of carbonyl (C=O) groups excluding carboxylic acids is 1. The number of rotatable bonds is 7. The highest BCUT2D eigenvalue weighted by Gasteiger charge is 2.31. The van der Waals surface area contributed by atoms with Crippen LogP contribution < -0.4 is 5.32 Å². The van der Waals surface area contributed by atoms with Crippen molar-refractivity contribution in [1.29, 1.82) is 0 Å². The van der Waals surface area contributed by atoms with Crippen molar-refractivity contribution in [2.75, 3.05) is 34.3 Å². The van der Waals surface area contributed by atoms with Gasteiger partial charge in [-0.2, -0.15) is 0 Å². The number of nitrogens with zero attached hydrogens (tertiary/aromatic N) is 1. The number of carbonyl (C=O) groups is 1. The smallest absolute Gasteiger partial charge is 0.325 e. The number of methoxy groups -OCH3 is 1. The van der Waals surface area contributed by atoms with Gasteiger partial charge >= 0.3 is 5.97 Å². The Hall–Kier alpha value is -0.610. The van der Waals surface area contributed by atoms with Crippen molar-refractivity contribution >= 4 is 5.97 Å². The van der Waals surface area contributed by atoms with E-state index < -0.39 is 5.54 Å². The summed E-state index contributed by atoms with van der Waals surface area (Å²) in [7, 11) is 5.36. The lowest BCUT2D eigenvalue weighted by Crippen LogP contribution is -2.48. The molecule has 4 nitrogen and oxygen atoms in total. The highest BCUT2D eigenvalue weighted by molar-refractivity contribution is 5.80. The van der Waals surface area contributed by atoms with Gasteiger partial charge in [-0.3, -0.25) is 4.79 Å². The van der Waals surface area contributed by atoms with Gasteiger partial charge < -0.3 is 15.0 Å². The fourth-order valence-corrected chi connectivity index (χ4v) is 2.15. The molecule has 0 bridgehead atoms. The summed E-state index contributed by atoms with van der Waals surface area (Å²) in [6, 6.07) is 0. The van der Waals surface area contributed by atoms with Crippen molar-refractivity contribution in [1.82, 2.24) is 10.2 Å². The second-order valence-corrected chi connectivity index (χ2v) is 6.48. The summed E-state index contributed by atoms with van der Waals surface area (Å²) in [5.74, 6) is -0.191. The van der Waals surface area contributed by atoms with Gasteiger partial charge in [-0.25, -0.2) is 0 Å². The minimum atomic E-state index is -0.572. The van der Waals surface area contributed by atoms with Crippen LogP contribution in [0.15, 0.2) is 0 Å². The van der Waals surface area contributed by atoms with Crippen LogP contribution in [-0.4, -0.2) is 50.7 Å². The van der Waals surface area contributed by atoms with Crippen molar-refractivity contribution in [2.24, 2.45) is 5.41 Å². The fraction of sp³-hybridized carbons (Fsp3) is 0.929. The summed E-state index contributed by atoms with van der Waals surface area (Å²) in [5.41, 5.74) is -0.263. The molecule has 0 aliphatic heterocycles. The second-order valence-electron chi connectivity index (χ2n) is 6.48. The lowest BCUT2D eigenvalue weighted by Gasteiger charge is -2.29. The average Bonchev–Trinajstić information content (AvgIpc) is 2.25. The number of nitrogens with one attached hydrogen (secondary N) is 1. The van der Waals surface area contributed by atoms with Crippen molar-refractivity contribution < 1.29 is 9.53 Å². The van der Waals surface area contributed by atoms with Crippen LogP contribution in [0.25, 0.3) is 0 Å². The van der Waals surface area contributed by atoms with Gasteiger partial charge in [-0.1, -0.05) is 20.8 Å². The van der Waals surface area contributed by atoms with Crippen molar-refractivity contribution in [3.05, 3.63) is 0 Å². The summed E-state index contributed by atoms with van der Waals surface area (Å²) in [5, 5.41) is 3.06. The third-order valence-electron chi connectivity index (χ3n) is 3.15. The molecule has 0 aliphatic rings. The van der Waals surface area contributed by atoms with Crippen LogP contribution in [0.2, 0.25) is 0 Å². The van der Waals surface area contributed by atoms with Crippen LogP contribution in [0.5, 0.6) is 0 Å². The number of hydrogen-bond donors (Lipinski definition) is 1. The summed E-state index contributed by atoms with van der Waals surface area (Å²) >= 11 is 0. The molecule has 0 aliphatic carbocycles. The van der Waals surface area contributed by atoms with E-state index >= 15 is 0 Å². The van der Waals surface area contributed by atoms with Gasteiger partial charge in [0, 0.05) is 6.54 Å². The average molecular weight is 258 g/mol. The number of esters is 1. The summed E-state index contributed by atoms with van der Waals surface area (Å²) in [4.78, 5) is 14.0. The second kappa shape index (κ2) is 7.10. The zero-order valence-corrected chi connectivity index (χ0v) is 13.1. The lowest BCUT2D eigenvalue weighted by molar-refractivity contribution is -0.148. The SMILES string of the molecule is CNC(C)(CCCN(C)CC(C)(C)C)C(=O)OC. The predicted octanol–water partition coefficient (Wildman–Crippen LogP) is 1.90. The third-order valence-corrected chi connectivity index (χ3v) is 3.15. The Labute approximate surface area is 112 Å². The van der Waals surface area contributed by atoms with Gasteiger partial charge in [-0.15, -0.1) is 0 Å². The van der Waals surface area contributed by atoms with Crippen LogP contribution in [0.1, 0.15) is 40.5 Å². The summed E-state index contributed by atoms with van der Waals surface area (Å²) in [6.45, 7) is 10.6. The van der Waals surface area contributed by atoms with Crippen molar-refractivity contribution in [3.63, 3.8) is 0 Å². The highest BCUT2D eigenvalue weighted by atomic mass is 16.5. The Kier molecular flexibility index (Phi) is 6.86. The van der Waals surface area contributed by atoms with Gasteiger partial charge in [-0.05, 0) is 45.8 Å². The zero-order chi connectivity index (χ0) is 14.4. The first kappa shape index (κ1) is 17.4. The maximum absolute atomic E-state index is 11.7. The molecule has 0 radical (unpaired) electrons. The normalized spacial score (nSPS) is 15.6. The van der Waals surface area contributed by atoms with E-state index in [0.29, 0.717) is 5.41 Å². The molecule has 1 unspecified atom stereocenters. The van der Waals surface area contributed by atoms with Crippen LogP contribution >= 0.6 is 0 Å². The van der Waals surface area contributed by atoms with Crippen LogP contribution in [0.4, 0.5) is 0 Å². The molecule has 0 saturated heterocycles. The van der Waals surface area contributed by atoms with Crippen molar-refractivity contribution in [3.8, 4) is 0 Å². The van der Waals surface area contributed by atoms with Crippen molar-refractivity contribution in [2.45, 2.75) is 46.1 Å². The molecular weight excluding hydrogens is 228 g/mol. The van der Waals surface area contributed by atoms with Gasteiger partial charge in [0.15, 0.2) is 0 Å². The third kappa shape index (κ3) is 6.36. The molecule has 0 fully saturated rings. The maximum Gasteiger partial charge on any atom is 0.325 e. The van der Waals surface area contributed by atoms with Gasteiger partial charge in [0.1, 0.15) is 5.54 Å². The first-order chi connectivity index (χ1) is 8.14. The quantitative estimate of drug-likeness (QED) is 0.708. The van der Waals surface area contributed by atoms with Crippen LogP contribution in [0, 0.1) is 5.41 Å². The van der Waals surface area contributed by atoms with Gasteiger partial charge in [0.25, 0.3) is 0 Å². The minimum Gasteiger partial charge on any atom is -0.468 e. The van der Waals surface area contributed by atoms with E-state index in [1.165, 1.54) is 7.11 Å². The Morgan fingerprint density at radius 3 is 2.22 bits per heavy atom. The molecule has 4 heteroatoms. The number of hydrogen-bond acceptors (Lipinski definition) is 4. The predicted molar refractivity (Wildman–Crippen MR) is 75.7 cm³/mol. The Morgan fingerprint density at radius 2 is 1.83 bits per heavy atom. The van der Waals surface area contributed by atoms with E-state index in [0.717, 1.165) is 25.9 Å². The molecule has 108 valence electrons. The van der Waals surface area contributed by atoms with E-state index in [2.05, 4.69) is 38.0 Å². The molecule has 0 spiro atoms. The molecule has 0 aromatic rings. The Bertz CT molecular complexity index is 261. The Morgan fingerprint density at radius 1 is 1.28 bits per heavy atom. The Balaban J connectivity index is 4.13. The topological polar surface area (TPSA) is 41.6 Å². The molecule has 0 rings (SSSR count). The number of likely N-dealkylation sites (N-methyl/N-ethyl adjacent to an activating group) is 1. The van der Waals surface area contributed by atoms with Gasteiger partial charge in [0.2, 0.25) is 0 Å². The lowest BCUT2D eigenvalue weighted by atomic mass is 9.94. The van der Waals surface area contributed by atoms with Crippen LogP contribution in [0.3, 0.4) is 0 Å². The molecule has 0 aromatic heterocycles. The first-order valence-electron chi connectivity index (χ1n) is 6.60. The number of ether oxygens (including phenoxy) is 1. The largest absolute Gasteiger partial charge is 0.468 e.